The van der Waals surface area contributed by atoms with E-state index in [9.17, 15) is 9.59 Å². The molecule has 0 saturated carbocycles. The van der Waals surface area contributed by atoms with Crippen molar-refractivity contribution in [2.45, 2.75) is 0 Å². The number of carbonyl (C=O) groups is 2. The molecule has 3 nitrogen and oxygen atoms in total. The van der Waals surface area contributed by atoms with Gasteiger partial charge in [0.25, 0.3) is 0 Å². The van der Waals surface area contributed by atoms with Gasteiger partial charge in [-0.25, -0.2) is 0 Å². The van der Waals surface area contributed by atoms with Crippen molar-refractivity contribution in [1.29, 1.82) is 0 Å². The Bertz CT molecular complexity index is 607. The van der Waals surface area contributed by atoms with E-state index in [4.69, 9.17) is 0 Å². The van der Waals surface area contributed by atoms with Gasteiger partial charge in [-0.1, -0.05) is 60.7 Å². The fourth-order valence-corrected chi connectivity index (χ4v) is 3.16. The Labute approximate surface area is 130 Å². The van der Waals surface area contributed by atoms with Crippen LogP contribution < -0.4 is 0 Å². The van der Waals surface area contributed by atoms with Crippen LogP contribution in [0.1, 0.15) is 20.7 Å². The van der Waals surface area contributed by atoms with Gasteiger partial charge in [-0.05, 0) is 7.05 Å². The lowest BCUT2D eigenvalue weighted by molar-refractivity contribution is 0.0809. The van der Waals surface area contributed by atoms with Gasteiger partial charge in [0, 0.05) is 36.1 Å². The van der Waals surface area contributed by atoms with Gasteiger partial charge in [0.15, 0.2) is 11.6 Å². The number of likely N-dealkylation sites (tertiary alicyclic amines) is 1. The van der Waals surface area contributed by atoms with E-state index in [1.165, 1.54) is 0 Å². The smallest absolute Gasteiger partial charge is 0.168 e. The van der Waals surface area contributed by atoms with E-state index in [0.717, 1.165) is 0 Å². The molecule has 0 spiro atoms. The molecular formula is C19H19NO2. The largest absolute Gasteiger partial charge is 0.305 e. The van der Waals surface area contributed by atoms with Crippen molar-refractivity contribution in [1.82, 2.24) is 4.90 Å². The summed E-state index contributed by atoms with van der Waals surface area (Å²) in [5, 5.41) is 0. The van der Waals surface area contributed by atoms with Crippen LogP contribution in [-0.4, -0.2) is 36.6 Å². The van der Waals surface area contributed by atoms with Crippen LogP contribution in [0, 0.1) is 11.8 Å². The van der Waals surface area contributed by atoms with Crippen molar-refractivity contribution in [3.05, 3.63) is 71.8 Å². The summed E-state index contributed by atoms with van der Waals surface area (Å²) in [6.07, 6.45) is 0. The zero-order chi connectivity index (χ0) is 15.5. The fourth-order valence-electron chi connectivity index (χ4n) is 3.16. The molecule has 2 atom stereocenters. The Balaban J connectivity index is 1.87. The SMILES string of the molecule is CN1C[C@H](C(=O)c2ccccc2)[C@@H](C(=O)c2ccccc2)C1. The molecule has 2 aromatic rings. The van der Waals surface area contributed by atoms with E-state index in [-0.39, 0.29) is 23.4 Å². The number of rotatable bonds is 4. The third-order valence-electron chi connectivity index (χ3n) is 4.29. The van der Waals surface area contributed by atoms with Gasteiger partial charge in [0.05, 0.1) is 0 Å². The van der Waals surface area contributed by atoms with Crippen molar-refractivity contribution in [3.8, 4) is 0 Å². The van der Waals surface area contributed by atoms with Gasteiger partial charge in [-0.2, -0.15) is 0 Å². The van der Waals surface area contributed by atoms with Crippen LogP contribution in [-0.2, 0) is 0 Å². The standard InChI is InChI=1S/C19H19NO2/c1-20-12-16(18(21)14-8-4-2-5-9-14)17(13-20)19(22)15-10-6-3-7-11-15/h2-11,16-17H,12-13H2,1H3/t16-,17-/m0/s1. The lowest BCUT2D eigenvalue weighted by Crippen LogP contribution is -2.29. The molecule has 0 N–H and O–H groups in total. The number of benzene rings is 2. The minimum Gasteiger partial charge on any atom is -0.305 e. The molecule has 112 valence electrons. The average Bonchev–Trinajstić information content (AvgIpc) is 2.97. The molecule has 1 aliphatic rings. The molecule has 0 aliphatic carbocycles. The predicted molar refractivity (Wildman–Crippen MR) is 86.0 cm³/mol. The van der Waals surface area contributed by atoms with Crippen molar-refractivity contribution >= 4 is 11.6 Å². The van der Waals surface area contributed by atoms with Crippen LogP contribution >= 0.6 is 0 Å². The van der Waals surface area contributed by atoms with E-state index in [2.05, 4.69) is 4.90 Å². The second-order valence-corrected chi connectivity index (χ2v) is 5.89. The van der Waals surface area contributed by atoms with Gasteiger partial charge in [0.2, 0.25) is 0 Å². The van der Waals surface area contributed by atoms with Gasteiger partial charge in [0.1, 0.15) is 0 Å². The lowest BCUT2D eigenvalue weighted by Gasteiger charge is -2.16. The number of hydrogen-bond donors (Lipinski definition) is 0. The average molecular weight is 293 g/mol. The summed E-state index contributed by atoms with van der Waals surface area (Å²) in [4.78, 5) is 27.6. The summed E-state index contributed by atoms with van der Waals surface area (Å²) in [6, 6.07) is 18.5. The van der Waals surface area contributed by atoms with Crippen LogP contribution in [0.15, 0.2) is 60.7 Å². The molecule has 1 aliphatic heterocycles. The summed E-state index contributed by atoms with van der Waals surface area (Å²) in [7, 11) is 1.96. The maximum absolute atomic E-state index is 12.8. The summed E-state index contributed by atoms with van der Waals surface area (Å²) in [6.45, 7) is 1.27. The minimum atomic E-state index is -0.264. The maximum Gasteiger partial charge on any atom is 0.168 e. The molecule has 22 heavy (non-hydrogen) atoms. The molecule has 0 aromatic heterocycles. The minimum absolute atomic E-state index is 0.0687. The van der Waals surface area contributed by atoms with Gasteiger partial charge in [-0.15, -0.1) is 0 Å². The summed E-state index contributed by atoms with van der Waals surface area (Å²) < 4.78 is 0. The Hall–Kier alpha value is -2.26. The van der Waals surface area contributed by atoms with E-state index >= 15 is 0 Å². The van der Waals surface area contributed by atoms with Crippen molar-refractivity contribution < 1.29 is 9.59 Å². The monoisotopic (exact) mass is 293 g/mol. The first kappa shape index (κ1) is 14.7. The third kappa shape index (κ3) is 2.85. The first-order chi connectivity index (χ1) is 10.7. The Kier molecular flexibility index (Phi) is 4.16. The zero-order valence-corrected chi connectivity index (χ0v) is 12.6. The van der Waals surface area contributed by atoms with Crippen LogP contribution in [0.5, 0.6) is 0 Å². The van der Waals surface area contributed by atoms with E-state index in [1.807, 2.05) is 67.7 Å². The number of hydrogen-bond acceptors (Lipinski definition) is 3. The zero-order valence-electron chi connectivity index (χ0n) is 12.6. The topological polar surface area (TPSA) is 37.4 Å². The van der Waals surface area contributed by atoms with Crippen LogP contribution in [0.2, 0.25) is 0 Å². The summed E-state index contributed by atoms with van der Waals surface area (Å²) in [5.41, 5.74) is 1.38. The van der Waals surface area contributed by atoms with Gasteiger partial charge < -0.3 is 4.90 Å². The Morgan fingerprint density at radius 2 is 1.14 bits per heavy atom. The first-order valence-corrected chi connectivity index (χ1v) is 7.54. The molecular weight excluding hydrogens is 274 g/mol. The lowest BCUT2D eigenvalue weighted by atomic mass is 9.83. The molecule has 2 aromatic carbocycles. The van der Waals surface area contributed by atoms with E-state index in [0.29, 0.717) is 24.2 Å². The molecule has 0 bridgehead atoms. The highest BCUT2D eigenvalue weighted by atomic mass is 16.1. The molecule has 1 fully saturated rings. The molecule has 0 unspecified atom stereocenters. The molecule has 1 heterocycles. The van der Waals surface area contributed by atoms with E-state index < -0.39 is 0 Å². The molecule has 3 rings (SSSR count). The Morgan fingerprint density at radius 3 is 1.50 bits per heavy atom. The Morgan fingerprint density at radius 1 is 0.773 bits per heavy atom. The number of nitrogens with zero attached hydrogens (tertiary/aromatic N) is 1. The maximum atomic E-state index is 12.8. The number of carbonyl (C=O) groups excluding carboxylic acids is 2. The summed E-state index contributed by atoms with van der Waals surface area (Å²) in [5.74, 6) is -0.390. The van der Waals surface area contributed by atoms with Crippen molar-refractivity contribution in [2.75, 3.05) is 20.1 Å². The third-order valence-corrected chi connectivity index (χ3v) is 4.29. The quantitative estimate of drug-likeness (QED) is 0.813. The highest BCUT2D eigenvalue weighted by Gasteiger charge is 2.40. The van der Waals surface area contributed by atoms with Gasteiger partial charge >= 0.3 is 0 Å². The molecule has 1 saturated heterocycles. The van der Waals surface area contributed by atoms with E-state index in [1.54, 1.807) is 0 Å². The highest BCUT2D eigenvalue weighted by molar-refractivity contribution is 6.05. The summed E-state index contributed by atoms with van der Waals surface area (Å²) >= 11 is 0. The molecule has 0 amide bonds. The van der Waals surface area contributed by atoms with Crippen LogP contribution in [0.4, 0.5) is 0 Å². The van der Waals surface area contributed by atoms with Crippen molar-refractivity contribution in [2.24, 2.45) is 11.8 Å². The second-order valence-electron chi connectivity index (χ2n) is 5.89. The molecule has 0 radical (unpaired) electrons. The fraction of sp³-hybridized carbons (Fsp3) is 0.263. The number of ketones is 2. The normalized spacial score (nSPS) is 21.7. The molecule has 3 heteroatoms. The predicted octanol–water partition coefficient (Wildman–Crippen LogP) is 2.93. The number of Topliss-reactive ketones (excluding diaryl/α,β-unsaturated/α-hetero) is 2. The van der Waals surface area contributed by atoms with Crippen LogP contribution in [0.3, 0.4) is 0 Å². The van der Waals surface area contributed by atoms with Crippen molar-refractivity contribution in [3.63, 3.8) is 0 Å². The van der Waals surface area contributed by atoms with Gasteiger partial charge in [-0.3, -0.25) is 9.59 Å². The second kappa shape index (κ2) is 6.24. The highest BCUT2D eigenvalue weighted by Crippen LogP contribution is 2.29. The van der Waals surface area contributed by atoms with Crippen LogP contribution in [0.25, 0.3) is 0 Å². The first-order valence-electron chi connectivity index (χ1n) is 7.54.